The predicted molar refractivity (Wildman–Crippen MR) is 69.7 cm³/mol. The van der Waals surface area contributed by atoms with Gasteiger partial charge in [0.05, 0.1) is 5.56 Å². The van der Waals surface area contributed by atoms with Crippen LogP contribution in [0.15, 0.2) is 36.7 Å². The van der Waals surface area contributed by atoms with E-state index in [-0.39, 0.29) is 5.56 Å². The van der Waals surface area contributed by atoms with E-state index in [0.717, 1.165) is 17.2 Å². The number of carboxylic acids is 1. The molecule has 0 bridgehead atoms. The van der Waals surface area contributed by atoms with E-state index in [1.807, 2.05) is 13.0 Å². The van der Waals surface area contributed by atoms with Crippen molar-refractivity contribution >= 4 is 11.7 Å². The zero-order valence-corrected chi connectivity index (χ0v) is 10.4. The Hall–Kier alpha value is -2.43. The van der Waals surface area contributed by atoms with Gasteiger partial charge in [-0.15, -0.1) is 0 Å². The second-order valence-electron chi connectivity index (χ2n) is 4.15. The number of pyridine rings is 1. The maximum Gasteiger partial charge on any atom is 0.337 e. The van der Waals surface area contributed by atoms with E-state index >= 15 is 0 Å². The van der Waals surface area contributed by atoms with Crippen molar-refractivity contribution in [2.24, 2.45) is 0 Å². The van der Waals surface area contributed by atoms with Crippen molar-refractivity contribution in [3.63, 3.8) is 0 Å². The van der Waals surface area contributed by atoms with Crippen LogP contribution in [0.3, 0.4) is 0 Å². The van der Waals surface area contributed by atoms with Crippen LogP contribution in [0.5, 0.6) is 0 Å². The van der Waals surface area contributed by atoms with E-state index in [4.69, 9.17) is 5.11 Å². The molecule has 0 saturated carbocycles. The first-order valence-electron chi connectivity index (χ1n) is 5.74. The molecule has 1 aromatic heterocycles. The number of aromatic nitrogens is 1. The van der Waals surface area contributed by atoms with Crippen molar-refractivity contribution in [2.75, 3.05) is 5.32 Å². The van der Waals surface area contributed by atoms with Gasteiger partial charge in [0.15, 0.2) is 0 Å². The number of carbonyl (C=O) groups is 1. The summed E-state index contributed by atoms with van der Waals surface area (Å²) in [5.74, 6) is -1.73. The number of nitrogens with zero attached hydrogens (tertiary/aromatic N) is 1. The number of nitrogens with one attached hydrogen (secondary N) is 1. The average molecular weight is 260 g/mol. The van der Waals surface area contributed by atoms with Crippen molar-refractivity contribution in [2.45, 2.75) is 13.5 Å². The van der Waals surface area contributed by atoms with Gasteiger partial charge in [0.25, 0.3) is 0 Å². The lowest BCUT2D eigenvalue weighted by Crippen LogP contribution is -2.07. The minimum atomic E-state index is -1.16. The molecule has 0 fully saturated rings. The van der Waals surface area contributed by atoms with Crippen LogP contribution in [0, 0.1) is 12.7 Å². The van der Waals surface area contributed by atoms with E-state index in [1.165, 1.54) is 12.1 Å². The third kappa shape index (κ3) is 3.07. The van der Waals surface area contributed by atoms with Crippen molar-refractivity contribution in [1.82, 2.24) is 4.98 Å². The Morgan fingerprint density at radius 3 is 2.89 bits per heavy atom. The summed E-state index contributed by atoms with van der Waals surface area (Å²) in [4.78, 5) is 15.0. The van der Waals surface area contributed by atoms with E-state index in [2.05, 4.69) is 10.3 Å². The van der Waals surface area contributed by atoms with Gasteiger partial charge in [0.2, 0.25) is 0 Å². The van der Waals surface area contributed by atoms with Crippen LogP contribution in [0.4, 0.5) is 10.1 Å². The summed E-state index contributed by atoms with van der Waals surface area (Å²) < 4.78 is 13.0. The first-order chi connectivity index (χ1) is 9.08. The summed E-state index contributed by atoms with van der Waals surface area (Å²) in [7, 11) is 0. The summed E-state index contributed by atoms with van der Waals surface area (Å²) in [5, 5.41) is 12.0. The summed E-state index contributed by atoms with van der Waals surface area (Å²) in [6.07, 6.45) is 3.41. The lowest BCUT2D eigenvalue weighted by atomic mass is 10.1. The number of rotatable bonds is 4. The number of benzene rings is 1. The number of hydrogen-bond donors (Lipinski definition) is 2. The van der Waals surface area contributed by atoms with Crippen molar-refractivity contribution < 1.29 is 14.3 Å². The molecule has 4 nitrogen and oxygen atoms in total. The normalized spacial score (nSPS) is 10.2. The Labute approximate surface area is 109 Å². The molecule has 1 heterocycles. The van der Waals surface area contributed by atoms with E-state index < -0.39 is 11.8 Å². The lowest BCUT2D eigenvalue weighted by molar-refractivity contribution is 0.0697. The number of carboxylic acid groups (broad SMARTS) is 1. The third-order valence-electron chi connectivity index (χ3n) is 2.83. The monoisotopic (exact) mass is 260 g/mol. The summed E-state index contributed by atoms with van der Waals surface area (Å²) in [6, 6.07) is 5.52. The standard InChI is InChI=1S/C14H13FN2O2/c1-9-4-5-16-7-10(9)8-17-13-3-2-11(15)6-12(13)14(18)19/h2-7,17H,8H2,1H3,(H,18,19). The van der Waals surface area contributed by atoms with Crippen LogP contribution >= 0.6 is 0 Å². The zero-order valence-electron chi connectivity index (χ0n) is 10.4. The SMILES string of the molecule is Cc1ccncc1CNc1ccc(F)cc1C(=O)O. The van der Waals surface area contributed by atoms with Gasteiger partial charge in [-0.05, 0) is 42.3 Å². The molecule has 98 valence electrons. The number of aryl methyl sites for hydroxylation is 1. The fourth-order valence-electron chi connectivity index (χ4n) is 1.72. The van der Waals surface area contributed by atoms with Gasteiger partial charge in [-0.2, -0.15) is 0 Å². The highest BCUT2D eigenvalue weighted by Gasteiger charge is 2.11. The second-order valence-corrected chi connectivity index (χ2v) is 4.15. The summed E-state index contributed by atoms with van der Waals surface area (Å²) >= 11 is 0. The molecule has 0 aliphatic heterocycles. The fourth-order valence-corrected chi connectivity index (χ4v) is 1.72. The number of anilines is 1. The minimum Gasteiger partial charge on any atom is -0.478 e. The second kappa shape index (κ2) is 5.48. The average Bonchev–Trinajstić information content (AvgIpc) is 2.38. The summed E-state index contributed by atoms with van der Waals surface area (Å²) in [6.45, 7) is 2.38. The predicted octanol–water partition coefficient (Wildman–Crippen LogP) is 2.84. The van der Waals surface area contributed by atoms with Crippen LogP contribution in [0.1, 0.15) is 21.5 Å². The third-order valence-corrected chi connectivity index (χ3v) is 2.83. The zero-order chi connectivity index (χ0) is 13.8. The van der Waals surface area contributed by atoms with Gasteiger partial charge in [0, 0.05) is 24.6 Å². The van der Waals surface area contributed by atoms with E-state index in [9.17, 15) is 9.18 Å². The number of halogens is 1. The lowest BCUT2D eigenvalue weighted by Gasteiger charge is -2.11. The highest BCUT2D eigenvalue weighted by atomic mass is 19.1. The Bertz CT molecular complexity index is 614. The molecule has 1 aromatic carbocycles. The molecule has 0 radical (unpaired) electrons. The molecule has 0 aliphatic rings. The first kappa shape index (κ1) is 13.0. The fraction of sp³-hybridized carbons (Fsp3) is 0.143. The maximum absolute atomic E-state index is 13.0. The molecule has 2 rings (SSSR count). The molecule has 0 saturated heterocycles. The van der Waals surface area contributed by atoms with Crippen LogP contribution in [0.2, 0.25) is 0 Å². The van der Waals surface area contributed by atoms with Crippen molar-refractivity contribution in [3.05, 3.63) is 59.2 Å². The molecular formula is C14H13FN2O2. The molecule has 2 aromatic rings. The molecule has 0 amide bonds. The van der Waals surface area contributed by atoms with Crippen molar-refractivity contribution in [3.8, 4) is 0 Å². The number of hydrogen-bond acceptors (Lipinski definition) is 3. The highest BCUT2D eigenvalue weighted by Crippen LogP contribution is 2.18. The molecular weight excluding hydrogens is 247 g/mol. The highest BCUT2D eigenvalue weighted by molar-refractivity contribution is 5.94. The maximum atomic E-state index is 13.0. The molecule has 5 heteroatoms. The first-order valence-corrected chi connectivity index (χ1v) is 5.74. The number of aromatic carboxylic acids is 1. The molecule has 0 atom stereocenters. The quantitative estimate of drug-likeness (QED) is 0.887. The molecule has 0 aliphatic carbocycles. The van der Waals surface area contributed by atoms with Gasteiger partial charge in [-0.25, -0.2) is 9.18 Å². The summed E-state index contributed by atoms with van der Waals surface area (Å²) in [5.41, 5.74) is 2.32. The molecule has 19 heavy (non-hydrogen) atoms. The Kier molecular flexibility index (Phi) is 3.75. The Morgan fingerprint density at radius 2 is 2.21 bits per heavy atom. The van der Waals surface area contributed by atoms with Gasteiger partial charge < -0.3 is 10.4 Å². The van der Waals surface area contributed by atoms with Crippen molar-refractivity contribution in [1.29, 1.82) is 0 Å². The minimum absolute atomic E-state index is 0.0819. The smallest absolute Gasteiger partial charge is 0.337 e. The van der Waals surface area contributed by atoms with Gasteiger partial charge in [0.1, 0.15) is 5.82 Å². The van der Waals surface area contributed by atoms with Crippen LogP contribution in [-0.2, 0) is 6.54 Å². The van der Waals surface area contributed by atoms with Gasteiger partial charge in [-0.3, -0.25) is 4.98 Å². The van der Waals surface area contributed by atoms with Crippen LogP contribution in [-0.4, -0.2) is 16.1 Å². The Balaban J connectivity index is 2.20. The Morgan fingerprint density at radius 1 is 1.42 bits per heavy atom. The molecule has 0 unspecified atom stereocenters. The van der Waals surface area contributed by atoms with E-state index in [1.54, 1.807) is 12.4 Å². The molecule has 0 spiro atoms. The molecule has 2 N–H and O–H groups in total. The van der Waals surface area contributed by atoms with E-state index in [0.29, 0.717) is 12.2 Å². The largest absolute Gasteiger partial charge is 0.478 e. The van der Waals surface area contributed by atoms with Crippen LogP contribution < -0.4 is 5.32 Å². The van der Waals surface area contributed by atoms with Gasteiger partial charge in [-0.1, -0.05) is 0 Å². The van der Waals surface area contributed by atoms with Crippen LogP contribution in [0.25, 0.3) is 0 Å². The topological polar surface area (TPSA) is 62.2 Å². The van der Waals surface area contributed by atoms with Gasteiger partial charge >= 0.3 is 5.97 Å².